The minimum atomic E-state index is -1.71. The Bertz CT molecular complexity index is 2010. The number of primary amides is 2. The fourth-order valence-corrected chi connectivity index (χ4v) is 9.32. The Labute approximate surface area is 400 Å². The lowest BCUT2D eigenvalue weighted by Crippen LogP contribution is -2.61. The number of aliphatic hydroxyl groups excluding tert-OH is 1. The van der Waals surface area contributed by atoms with Gasteiger partial charge in [-0.15, -0.1) is 0 Å². The normalized spacial score (nSPS) is 24.4. The SMILES string of the molecule is CC(C)C1NC(=O)C(Cc2ccccc2)NC(=O)C(N)CSSCC(C(=O)N2CCCC2C(=O)NC(C(=O)NCC(N)=O)C(C)O)NC(=O)C(CC(N)=O)NC(=O)C(CCCN=C(N)N)NC1=O. The van der Waals surface area contributed by atoms with E-state index >= 15 is 0 Å². The number of aliphatic hydroxyl groups is 1. The standard InChI is InChI=1S/C41H64N14O11S2/c1-20(2)31-39(65)49-24(11-7-13-47-41(45)46)34(60)51-26(16-29(43)57)35(61)52-27(19-68-67-18-23(42)33(59)50-25(36(62)53-31)15-22-9-5-4-6-10-22)40(66)55-14-8-12-28(55)37(63)54-32(21(3)56)38(64)48-17-30(44)58/h4-6,9-10,20-21,23-28,31-32,56H,7-8,11-19,42H2,1-3H3,(H2,43,57)(H2,44,58)(H,48,64)(H,49,65)(H,50,59)(H,51,60)(H,52,61)(H,53,62)(H,54,63)(H4,45,46,47). The van der Waals surface area contributed by atoms with Gasteiger partial charge in [0, 0.05) is 31.0 Å². The van der Waals surface area contributed by atoms with E-state index in [1.54, 1.807) is 44.2 Å². The molecule has 0 aromatic heterocycles. The molecule has 9 atom stereocenters. The number of aliphatic imine (C=N–C) groups is 1. The van der Waals surface area contributed by atoms with Crippen molar-refractivity contribution in [3.8, 4) is 0 Å². The fourth-order valence-electron chi connectivity index (χ4n) is 7.05. The number of amides is 10. The highest BCUT2D eigenvalue weighted by molar-refractivity contribution is 8.76. The maximum Gasteiger partial charge on any atom is 0.246 e. The predicted molar refractivity (Wildman–Crippen MR) is 252 cm³/mol. The predicted octanol–water partition coefficient (Wildman–Crippen LogP) is -5.58. The van der Waals surface area contributed by atoms with Gasteiger partial charge in [-0.1, -0.05) is 65.8 Å². The Balaban J connectivity index is 2.04. The summed E-state index contributed by atoms with van der Waals surface area (Å²) >= 11 is 0. The topological polar surface area (TPSA) is 421 Å². The van der Waals surface area contributed by atoms with Crippen LogP contribution in [0.5, 0.6) is 0 Å². The van der Waals surface area contributed by atoms with E-state index in [0.29, 0.717) is 12.0 Å². The molecule has 68 heavy (non-hydrogen) atoms. The second kappa shape index (κ2) is 27.6. The van der Waals surface area contributed by atoms with E-state index in [1.165, 1.54) is 6.92 Å². The Morgan fingerprint density at radius 1 is 0.809 bits per heavy atom. The van der Waals surface area contributed by atoms with Crippen LogP contribution >= 0.6 is 21.6 Å². The monoisotopic (exact) mass is 992 g/mol. The van der Waals surface area contributed by atoms with Gasteiger partial charge in [-0.3, -0.25) is 52.9 Å². The summed E-state index contributed by atoms with van der Waals surface area (Å²) < 4.78 is 0. The molecule has 3 rings (SSSR count). The summed E-state index contributed by atoms with van der Waals surface area (Å²) in [7, 11) is 2.06. The van der Waals surface area contributed by atoms with Gasteiger partial charge in [0.15, 0.2) is 5.96 Å². The van der Waals surface area contributed by atoms with Crippen LogP contribution in [0.1, 0.15) is 58.4 Å². The number of nitrogens with one attached hydrogen (secondary N) is 7. The molecule has 0 spiro atoms. The van der Waals surface area contributed by atoms with Crippen LogP contribution in [0.25, 0.3) is 0 Å². The van der Waals surface area contributed by atoms with Crippen molar-refractivity contribution in [2.75, 3.05) is 31.1 Å². The van der Waals surface area contributed by atoms with Crippen molar-refractivity contribution in [2.45, 2.75) is 114 Å². The molecule has 27 heteroatoms. The van der Waals surface area contributed by atoms with E-state index in [2.05, 4.69) is 42.2 Å². The number of carbonyl (C=O) groups excluding carboxylic acids is 10. The molecule has 18 N–H and O–H groups in total. The van der Waals surface area contributed by atoms with E-state index in [0.717, 1.165) is 26.5 Å². The van der Waals surface area contributed by atoms with Gasteiger partial charge in [0.05, 0.1) is 25.1 Å². The maximum atomic E-state index is 14.4. The molecule has 2 fully saturated rings. The molecule has 376 valence electrons. The third-order valence-corrected chi connectivity index (χ3v) is 13.1. The van der Waals surface area contributed by atoms with Gasteiger partial charge in [0.1, 0.15) is 42.3 Å². The first-order valence-electron chi connectivity index (χ1n) is 21.8. The zero-order valence-corrected chi connectivity index (χ0v) is 39.7. The van der Waals surface area contributed by atoms with Crippen LogP contribution in [0.2, 0.25) is 0 Å². The number of guanidine groups is 1. The third-order valence-electron chi connectivity index (χ3n) is 10.6. The lowest BCUT2D eigenvalue weighted by molar-refractivity contribution is -0.142. The Hall–Kier alpha value is -6.19. The zero-order chi connectivity index (χ0) is 50.7. The molecular weight excluding hydrogens is 929 g/mol. The molecule has 1 aromatic rings. The van der Waals surface area contributed by atoms with Gasteiger partial charge in [0.25, 0.3) is 0 Å². The number of rotatable bonds is 16. The largest absolute Gasteiger partial charge is 0.391 e. The van der Waals surface area contributed by atoms with Gasteiger partial charge in [0.2, 0.25) is 59.1 Å². The third kappa shape index (κ3) is 18.1. The molecule has 1 aromatic carbocycles. The molecule has 9 unspecified atom stereocenters. The van der Waals surface area contributed by atoms with Crippen molar-refractivity contribution in [3.05, 3.63) is 35.9 Å². The van der Waals surface area contributed by atoms with Gasteiger partial charge < -0.3 is 75.9 Å². The number of likely N-dealkylation sites (tertiary alicyclic amines) is 1. The van der Waals surface area contributed by atoms with Crippen molar-refractivity contribution in [1.82, 2.24) is 42.1 Å². The summed E-state index contributed by atoms with van der Waals surface area (Å²) in [5.41, 5.74) is 28.6. The van der Waals surface area contributed by atoms with E-state index in [4.69, 9.17) is 28.7 Å². The average molecular weight is 993 g/mol. The summed E-state index contributed by atoms with van der Waals surface area (Å²) in [6.07, 6.45) is -1.77. The molecular formula is C41H64N14O11S2. The molecule has 2 aliphatic rings. The van der Waals surface area contributed by atoms with Crippen molar-refractivity contribution >= 4 is 86.6 Å². The smallest absolute Gasteiger partial charge is 0.246 e. The molecule has 2 heterocycles. The van der Waals surface area contributed by atoms with Crippen LogP contribution in [0, 0.1) is 5.92 Å². The Morgan fingerprint density at radius 2 is 1.43 bits per heavy atom. The van der Waals surface area contributed by atoms with Crippen LogP contribution < -0.4 is 65.9 Å². The number of carbonyl (C=O) groups is 10. The minimum absolute atomic E-state index is 0.0111. The van der Waals surface area contributed by atoms with E-state index < -0.39 is 132 Å². The lowest BCUT2D eigenvalue weighted by atomic mass is 10.00. The summed E-state index contributed by atoms with van der Waals surface area (Å²) in [6.45, 7) is 3.98. The van der Waals surface area contributed by atoms with Crippen molar-refractivity contribution in [2.24, 2.45) is 39.6 Å². The molecule has 25 nitrogen and oxygen atoms in total. The molecule has 0 radical (unpaired) electrons. The number of benzene rings is 1. The van der Waals surface area contributed by atoms with Crippen LogP contribution in [-0.2, 0) is 54.4 Å². The first-order valence-corrected chi connectivity index (χ1v) is 24.3. The highest BCUT2D eigenvalue weighted by Gasteiger charge is 2.41. The number of hydrogen-bond acceptors (Lipinski definition) is 15. The molecule has 0 bridgehead atoms. The Morgan fingerprint density at radius 3 is 2.04 bits per heavy atom. The van der Waals surface area contributed by atoms with Gasteiger partial charge >= 0.3 is 0 Å². The first kappa shape index (κ1) is 56.1. The maximum absolute atomic E-state index is 14.4. The Kier molecular flexibility index (Phi) is 22.8. The molecule has 0 saturated carbocycles. The van der Waals surface area contributed by atoms with Crippen molar-refractivity contribution < 1.29 is 53.1 Å². The van der Waals surface area contributed by atoms with Gasteiger partial charge in [-0.2, -0.15) is 0 Å². The molecule has 2 saturated heterocycles. The molecule has 10 amide bonds. The van der Waals surface area contributed by atoms with E-state index in [-0.39, 0.29) is 56.2 Å². The van der Waals surface area contributed by atoms with Crippen molar-refractivity contribution in [3.63, 3.8) is 0 Å². The average Bonchev–Trinajstić information content (AvgIpc) is 3.77. The molecule has 0 aliphatic carbocycles. The summed E-state index contributed by atoms with van der Waals surface area (Å²) in [6, 6.07) is -2.27. The van der Waals surface area contributed by atoms with Gasteiger partial charge in [-0.05, 0) is 44.1 Å². The lowest BCUT2D eigenvalue weighted by Gasteiger charge is -2.31. The minimum Gasteiger partial charge on any atom is -0.391 e. The number of hydrogen-bond donors (Lipinski definition) is 13. The second-order valence-electron chi connectivity index (χ2n) is 16.6. The van der Waals surface area contributed by atoms with Gasteiger partial charge in [-0.25, -0.2) is 0 Å². The van der Waals surface area contributed by atoms with Crippen LogP contribution in [0.15, 0.2) is 35.3 Å². The first-order chi connectivity index (χ1) is 32.1. The second-order valence-corrected chi connectivity index (χ2v) is 19.1. The van der Waals surface area contributed by atoms with E-state index in [1.807, 2.05) is 0 Å². The quantitative estimate of drug-likeness (QED) is 0.0318. The molecule has 2 aliphatic heterocycles. The van der Waals surface area contributed by atoms with Crippen LogP contribution in [0.4, 0.5) is 0 Å². The highest BCUT2D eigenvalue weighted by atomic mass is 33.1. The highest BCUT2D eigenvalue weighted by Crippen LogP contribution is 2.26. The number of nitrogens with two attached hydrogens (primary N) is 5. The van der Waals surface area contributed by atoms with Crippen LogP contribution in [-0.4, -0.2) is 161 Å². The van der Waals surface area contributed by atoms with Crippen LogP contribution in [0.3, 0.4) is 0 Å². The zero-order valence-electron chi connectivity index (χ0n) is 38.1. The van der Waals surface area contributed by atoms with E-state index in [9.17, 15) is 53.1 Å². The number of nitrogens with zero attached hydrogens (tertiary/aromatic N) is 2. The summed E-state index contributed by atoms with van der Waals surface area (Å²) in [4.78, 5) is 139. The summed E-state index contributed by atoms with van der Waals surface area (Å²) in [5, 5.41) is 28.0. The summed E-state index contributed by atoms with van der Waals surface area (Å²) in [5.74, 6) is -9.78. The fraction of sp³-hybridized carbons (Fsp3) is 0.585. The van der Waals surface area contributed by atoms with Crippen molar-refractivity contribution in [1.29, 1.82) is 0 Å².